The molecule has 0 aromatic carbocycles. The standard InChI is InChI=1S/C30H40O.CH4/c1-5-6-7-8-9-10-11-12-22(2)26-15-16-27-25-14-13-23-21-24(31)17-19-29(23,3)28(25)18-20-30(26,27)4;/h13,22,24-28,31H,11-12,14-21H2,1-4H3;1H4/t22-,24+,25+,26-,27+,28+,29+,30-;/m1./s1. The maximum absolute atomic E-state index is 10.2. The van der Waals surface area contributed by atoms with E-state index in [4.69, 9.17) is 0 Å². The van der Waals surface area contributed by atoms with E-state index < -0.39 is 0 Å². The summed E-state index contributed by atoms with van der Waals surface area (Å²) in [6.45, 7) is 9.44. The van der Waals surface area contributed by atoms with Gasteiger partial charge in [-0.3, -0.25) is 0 Å². The van der Waals surface area contributed by atoms with Crippen LogP contribution < -0.4 is 0 Å². The number of rotatable bonds is 3. The van der Waals surface area contributed by atoms with Gasteiger partial charge in [0, 0.05) is 6.42 Å². The van der Waals surface area contributed by atoms with Gasteiger partial charge >= 0.3 is 0 Å². The van der Waals surface area contributed by atoms with Crippen molar-refractivity contribution in [3.05, 3.63) is 11.6 Å². The summed E-state index contributed by atoms with van der Waals surface area (Å²) in [5, 5.41) is 10.2. The molecule has 1 N–H and O–H groups in total. The highest BCUT2D eigenvalue weighted by atomic mass is 16.3. The molecule has 0 amide bonds. The van der Waals surface area contributed by atoms with E-state index >= 15 is 0 Å². The molecule has 0 spiro atoms. The molecule has 0 aromatic heterocycles. The largest absolute Gasteiger partial charge is 0.393 e. The molecular formula is C31H44O. The first-order valence-electron chi connectivity index (χ1n) is 12.7. The van der Waals surface area contributed by atoms with Gasteiger partial charge in [-0.25, -0.2) is 0 Å². The minimum Gasteiger partial charge on any atom is -0.393 e. The van der Waals surface area contributed by atoms with Crippen molar-refractivity contribution in [3.8, 4) is 35.5 Å². The van der Waals surface area contributed by atoms with Crippen LogP contribution >= 0.6 is 0 Å². The molecule has 0 heterocycles. The minimum atomic E-state index is -0.102. The van der Waals surface area contributed by atoms with E-state index in [1.807, 2.05) is 0 Å². The van der Waals surface area contributed by atoms with Gasteiger partial charge in [-0.15, -0.1) is 0 Å². The van der Waals surface area contributed by atoms with Crippen molar-refractivity contribution < 1.29 is 5.11 Å². The molecule has 0 saturated heterocycles. The van der Waals surface area contributed by atoms with Crippen LogP contribution in [-0.2, 0) is 0 Å². The summed E-state index contributed by atoms with van der Waals surface area (Å²) in [5.74, 6) is 21.5. The van der Waals surface area contributed by atoms with Crippen LogP contribution in [0.3, 0.4) is 0 Å². The molecule has 4 aliphatic rings. The maximum atomic E-state index is 10.2. The average Bonchev–Trinajstić information content (AvgIpc) is 3.11. The smallest absolute Gasteiger partial charge is 0.0577 e. The van der Waals surface area contributed by atoms with E-state index in [1.54, 1.807) is 12.5 Å². The van der Waals surface area contributed by atoms with Crippen LogP contribution in [-0.4, -0.2) is 11.2 Å². The predicted molar refractivity (Wildman–Crippen MR) is 135 cm³/mol. The summed E-state index contributed by atoms with van der Waals surface area (Å²) in [7, 11) is 0. The number of aliphatic hydroxyl groups excluding tert-OH is 1. The second-order valence-electron chi connectivity index (χ2n) is 11.3. The first-order valence-corrected chi connectivity index (χ1v) is 12.7. The SMILES string of the molecule is C.CC#CC#CC#CCC[C@@H](C)[C@H]1CC[C@H]2[C@@H]3CC=C4C[C@@H](O)CC[C@]4(C)[C@H]3CC[C@]12C. The van der Waals surface area contributed by atoms with Gasteiger partial charge in [0.05, 0.1) is 6.10 Å². The quantitative estimate of drug-likeness (QED) is 0.376. The fraction of sp³-hybridized carbons (Fsp3) is 0.742. The van der Waals surface area contributed by atoms with Crippen molar-refractivity contribution in [2.45, 2.75) is 105 Å². The second-order valence-corrected chi connectivity index (χ2v) is 11.3. The Labute approximate surface area is 198 Å². The molecule has 0 radical (unpaired) electrons. The van der Waals surface area contributed by atoms with Crippen LogP contribution in [0, 0.1) is 75.9 Å². The lowest BCUT2D eigenvalue weighted by atomic mass is 9.47. The summed E-state index contributed by atoms with van der Waals surface area (Å²) < 4.78 is 0. The van der Waals surface area contributed by atoms with Gasteiger partial charge < -0.3 is 5.11 Å². The molecule has 3 saturated carbocycles. The fourth-order valence-electron chi connectivity index (χ4n) is 8.35. The zero-order valence-electron chi connectivity index (χ0n) is 20.1. The van der Waals surface area contributed by atoms with E-state index in [0.717, 1.165) is 48.9 Å². The van der Waals surface area contributed by atoms with Gasteiger partial charge in [-0.05, 0) is 129 Å². The van der Waals surface area contributed by atoms with Crippen molar-refractivity contribution >= 4 is 0 Å². The number of hydrogen-bond donors (Lipinski definition) is 1. The molecule has 8 atom stereocenters. The summed E-state index contributed by atoms with van der Waals surface area (Å²) >= 11 is 0. The second kappa shape index (κ2) is 10.1. The Morgan fingerprint density at radius 3 is 2.59 bits per heavy atom. The third-order valence-electron chi connectivity index (χ3n) is 9.96. The topological polar surface area (TPSA) is 20.2 Å². The molecule has 32 heavy (non-hydrogen) atoms. The minimum absolute atomic E-state index is 0. The van der Waals surface area contributed by atoms with Crippen LogP contribution in [0.1, 0.15) is 99.3 Å². The van der Waals surface area contributed by atoms with Crippen LogP contribution in [0.15, 0.2) is 11.6 Å². The summed E-state index contributed by atoms with van der Waals surface area (Å²) in [5.41, 5.74) is 2.44. The molecule has 174 valence electrons. The molecule has 3 fully saturated rings. The van der Waals surface area contributed by atoms with Gasteiger partial charge in [0.25, 0.3) is 0 Å². The van der Waals surface area contributed by atoms with Gasteiger partial charge in [-0.2, -0.15) is 0 Å². The Morgan fingerprint density at radius 2 is 1.81 bits per heavy atom. The lowest BCUT2D eigenvalue weighted by Gasteiger charge is -2.58. The van der Waals surface area contributed by atoms with Gasteiger partial charge in [0.2, 0.25) is 0 Å². The third-order valence-corrected chi connectivity index (χ3v) is 9.96. The van der Waals surface area contributed by atoms with E-state index in [2.05, 4.69) is 62.4 Å². The van der Waals surface area contributed by atoms with E-state index in [-0.39, 0.29) is 13.5 Å². The molecule has 0 bridgehead atoms. The average molecular weight is 433 g/mol. The lowest BCUT2D eigenvalue weighted by Crippen LogP contribution is -2.50. The zero-order chi connectivity index (χ0) is 22.1. The molecule has 1 heteroatoms. The third kappa shape index (κ3) is 4.42. The Balaban J connectivity index is 0.00000289. The highest BCUT2D eigenvalue weighted by molar-refractivity contribution is 5.35. The van der Waals surface area contributed by atoms with Crippen LogP contribution in [0.2, 0.25) is 0 Å². The molecule has 4 rings (SSSR count). The molecular weight excluding hydrogens is 388 g/mol. The Bertz CT molecular complexity index is 892. The summed E-state index contributed by atoms with van der Waals surface area (Å²) in [4.78, 5) is 0. The van der Waals surface area contributed by atoms with Crippen LogP contribution in [0.4, 0.5) is 0 Å². The number of hydrogen-bond acceptors (Lipinski definition) is 1. The maximum Gasteiger partial charge on any atom is 0.0577 e. The Kier molecular flexibility index (Phi) is 7.90. The first kappa shape index (κ1) is 25.0. The zero-order valence-corrected chi connectivity index (χ0v) is 20.1. The summed E-state index contributed by atoms with van der Waals surface area (Å²) in [6, 6.07) is 0. The fourth-order valence-corrected chi connectivity index (χ4v) is 8.35. The van der Waals surface area contributed by atoms with E-state index in [0.29, 0.717) is 10.8 Å². The number of allylic oxidation sites excluding steroid dienone is 1. The monoisotopic (exact) mass is 432 g/mol. The summed E-state index contributed by atoms with van der Waals surface area (Å²) in [6.07, 6.45) is 14.6. The molecule has 4 aliphatic carbocycles. The number of fused-ring (bicyclic) bond motifs is 5. The van der Waals surface area contributed by atoms with Crippen molar-refractivity contribution in [2.75, 3.05) is 0 Å². The molecule has 0 aliphatic heterocycles. The number of aliphatic hydroxyl groups is 1. The van der Waals surface area contributed by atoms with Gasteiger partial charge in [-0.1, -0.05) is 51.7 Å². The highest BCUT2D eigenvalue weighted by Crippen LogP contribution is 2.67. The lowest BCUT2D eigenvalue weighted by molar-refractivity contribution is -0.0570. The Hall–Kier alpha value is -1.62. The van der Waals surface area contributed by atoms with Crippen LogP contribution in [0.5, 0.6) is 0 Å². The van der Waals surface area contributed by atoms with Crippen molar-refractivity contribution in [3.63, 3.8) is 0 Å². The van der Waals surface area contributed by atoms with Crippen molar-refractivity contribution in [1.82, 2.24) is 0 Å². The molecule has 1 nitrogen and oxygen atoms in total. The van der Waals surface area contributed by atoms with Gasteiger partial charge in [0.1, 0.15) is 0 Å². The normalized spacial score (nSPS) is 40.2. The van der Waals surface area contributed by atoms with E-state index in [1.165, 1.54) is 44.9 Å². The van der Waals surface area contributed by atoms with Crippen molar-refractivity contribution in [2.24, 2.45) is 40.4 Å². The predicted octanol–water partition coefficient (Wildman–Crippen LogP) is 7.01. The van der Waals surface area contributed by atoms with Crippen LogP contribution in [0.25, 0.3) is 0 Å². The molecule has 0 unspecified atom stereocenters. The van der Waals surface area contributed by atoms with Gasteiger partial charge in [0.15, 0.2) is 0 Å². The Morgan fingerprint density at radius 1 is 1.03 bits per heavy atom. The van der Waals surface area contributed by atoms with E-state index in [9.17, 15) is 5.11 Å². The van der Waals surface area contributed by atoms with Crippen molar-refractivity contribution in [1.29, 1.82) is 0 Å². The highest BCUT2D eigenvalue weighted by Gasteiger charge is 2.59. The first-order chi connectivity index (χ1) is 14.9. The molecule has 0 aromatic rings.